The zero-order valence-corrected chi connectivity index (χ0v) is 20.0. The Morgan fingerprint density at radius 2 is 2.12 bits per heavy atom. The molecule has 0 radical (unpaired) electrons. The van der Waals surface area contributed by atoms with Crippen LogP contribution in [0.4, 0.5) is 10.1 Å². The van der Waals surface area contributed by atoms with Gasteiger partial charge in [-0.05, 0) is 55.5 Å². The van der Waals surface area contributed by atoms with Crippen molar-refractivity contribution in [1.29, 1.82) is 0 Å². The first kappa shape index (κ1) is 23.0. The summed E-state index contributed by atoms with van der Waals surface area (Å²) in [5.41, 5.74) is 2.57. The average Bonchev–Trinajstić information content (AvgIpc) is 3.06. The molecule has 2 aromatic carbocycles. The number of hydrogen-bond acceptors (Lipinski definition) is 4. The van der Waals surface area contributed by atoms with Crippen LogP contribution in [0.1, 0.15) is 41.9 Å². The van der Waals surface area contributed by atoms with E-state index >= 15 is 0 Å². The zero-order valence-electron chi connectivity index (χ0n) is 18.5. The van der Waals surface area contributed by atoms with Crippen LogP contribution in [0.3, 0.4) is 0 Å². The maximum Gasteiger partial charge on any atom is 0.337 e. The molecule has 2 heterocycles. The van der Waals surface area contributed by atoms with E-state index in [4.69, 9.17) is 16.3 Å². The summed E-state index contributed by atoms with van der Waals surface area (Å²) in [5, 5.41) is 10.8. The van der Waals surface area contributed by atoms with Gasteiger partial charge in [0.25, 0.3) is 0 Å². The van der Waals surface area contributed by atoms with Crippen LogP contribution in [0.15, 0.2) is 30.3 Å². The fourth-order valence-corrected chi connectivity index (χ4v) is 5.68. The minimum atomic E-state index is -0.974. The van der Waals surface area contributed by atoms with Crippen LogP contribution in [-0.2, 0) is 4.74 Å². The van der Waals surface area contributed by atoms with Crippen molar-refractivity contribution in [1.82, 2.24) is 0 Å². The van der Waals surface area contributed by atoms with Gasteiger partial charge in [0.1, 0.15) is 5.82 Å². The molecule has 1 aromatic heterocycles. The van der Waals surface area contributed by atoms with Gasteiger partial charge >= 0.3 is 5.97 Å². The summed E-state index contributed by atoms with van der Waals surface area (Å²) in [5.74, 6) is -0.848. The van der Waals surface area contributed by atoms with E-state index in [0.29, 0.717) is 31.3 Å². The van der Waals surface area contributed by atoms with Gasteiger partial charge < -0.3 is 14.7 Å². The third kappa shape index (κ3) is 4.63. The van der Waals surface area contributed by atoms with Gasteiger partial charge in [-0.25, -0.2) is 9.18 Å². The molecule has 4 rings (SSSR count). The number of carboxylic acid groups (broad SMARTS) is 1. The number of nitrogens with zero attached hydrogens (tertiary/aromatic N) is 1. The minimum Gasteiger partial charge on any atom is -0.478 e. The molecule has 0 saturated carbocycles. The van der Waals surface area contributed by atoms with E-state index in [2.05, 4.69) is 18.7 Å². The number of rotatable bonds is 6. The number of anilines is 1. The van der Waals surface area contributed by atoms with Crippen molar-refractivity contribution in [3.05, 3.63) is 51.6 Å². The highest BCUT2D eigenvalue weighted by molar-refractivity contribution is 7.19. The number of thiophene rings is 1. The fraction of sp³-hybridized carbons (Fsp3) is 0.400. The summed E-state index contributed by atoms with van der Waals surface area (Å²) < 4.78 is 21.0. The quantitative estimate of drug-likeness (QED) is 0.416. The molecular formula is C25H27ClFNO3S. The highest BCUT2D eigenvalue weighted by atomic mass is 35.5. The maximum atomic E-state index is 14.2. The molecule has 1 saturated heterocycles. The number of aromatic carboxylic acids is 1. The maximum absolute atomic E-state index is 14.2. The van der Waals surface area contributed by atoms with E-state index in [0.717, 1.165) is 38.9 Å². The van der Waals surface area contributed by atoms with Crippen LogP contribution < -0.4 is 4.90 Å². The number of morpholine rings is 1. The summed E-state index contributed by atoms with van der Waals surface area (Å²) in [6.07, 6.45) is 2.14. The summed E-state index contributed by atoms with van der Waals surface area (Å²) in [4.78, 5) is 15.3. The lowest BCUT2D eigenvalue weighted by atomic mass is 9.98. The Morgan fingerprint density at radius 1 is 1.34 bits per heavy atom. The van der Waals surface area contributed by atoms with Crippen LogP contribution >= 0.6 is 22.9 Å². The van der Waals surface area contributed by atoms with E-state index < -0.39 is 11.8 Å². The molecule has 1 atom stereocenters. The van der Waals surface area contributed by atoms with E-state index in [-0.39, 0.29) is 16.7 Å². The third-order valence-corrected chi connectivity index (χ3v) is 7.33. The predicted octanol–water partition coefficient (Wildman–Crippen LogP) is 7.01. The van der Waals surface area contributed by atoms with Crippen molar-refractivity contribution in [2.75, 3.05) is 24.6 Å². The van der Waals surface area contributed by atoms with Gasteiger partial charge in [0.05, 0.1) is 29.0 Å². The number of fused-ring (bicyclic) bond motifs is 1. The standard InChI is InChI=1S/C25H27ClFNO3S/c1-14(2)4-6-17-13-28(8-9-31-17)22-7-5-16(10-18(22)25(29)30)24-15(3)32-23-12-20(26)21(27)11-19(23)24/h5,7,10-12,14,17H,4,6,8-9,13H2,1-3H3,(H,29,30)/t17-/m1/s1. The molecule has 1 fully saturated rings. The first-order valence-corrected chi connectivity index (χ1v) is 12.1. The Kier molecular flexibility index (Phi) is 6.75. The number of benzene rings is 2. The van der Waals surface area contributed by atoms with E-state index in [9.17, 15) is 14.3 Å². The van der Waals surface area contributed by atoms with Gasteiger partial charge in [0, 0.05) is 33.6 Å². The molecule has 1 aliphatic rings. The fourth-order valence-electron chi connectivity index (χ4n) is 4.34. The van der Waals surface area contributed by atoms with Crippen molar-refractivity contribution in [3.8, 4) is 11.1 Å². The molecule has 1 aliphatic heterocycles. The molecular weight excluding hydrogens is 449 g/mol. The molecule has 0 aliphatic carbocycles. The topological polar surface area (TPSA) is 49.8 Å². The third-order valence-electron chi connectivity index (χ3n) is 5.97. The molecule has 7 heteroatoms. The molecule has 3 aromatic rings. The van der Waals surface area contributed by atoms with Crippen LogP contribution in [0.2, 0.25) is 5.02 Å². The molecule has 32 heavy (non-hydrogen) atoms. The second-order valence-electron chi connectivity index (χ2n) is 8.74. The van der Waals surface area contributed by atoms with Gasteiger partial charge in [-0.2, -0.15) is 0 Å². The Balaban J connectivity index is 1.70. The van der Waals surface area contributed by atoms with Crippen molar-refractivity contribution in [2.24, 2.45) is 5.92 Å². The Labute approximate surface area is 196 Å². The molecule has 0 spiro atoms. The molecule has 1 N–H and O–H groups in total. The second-order valence-corrected chi connectivity index (χ2v) is 10.4. The van der Waals surface area contributed by atoms with Gasteiger partial charge in [0.2, 0.25) is 0 Å². The van der Waals surface area contributed by atoms with Gasteiger partial charge in [-0.3, -0.25) is 0 Å². The monoisotopic (exact) mass is 475 g/mol. The molecule has 0 bridgehead atoms. The van der Waals surface area contributed by atoms with Crippen molar-refractivity contribution < 1.29 is 19.0 Å². The molecule has 170 valence electrons. The number of halogens is 2. The number of aryl methyl sites for hydroxylation is 1. The average molecular weight is 476 g/mol. The number of ether oxygens (including phenoxy) is 1. The SMILES string of the molecule is Cc1sc2cc(Cl)c(F)cc2c1-c1ccc(N2CCO[C@H](CCC(C)C)C2)c(C(=O)O)c1. The van der Waals surface area contributed by atoms with Crippen LogP contribution in [0.5, 0.6) is 0 Å². The van der Waals surface area contributed by atoms with Crippen molar-refractivity contribution >= 4 is 44.7 Å². The largest absolute Gasteiger partial charge is 0.478 e. The first-order valence-electron chi connectivity index (χ1n) is 10.9. The highest BCUT2D eigenvalue weighted by Gasteiger charge is 2.25. The van der Waals surface area contributed by atoms with Crippen LogP contribution in [0.25, 0.3) is 21.2 Å². The Hall–Kier alpha value is -2.15. The highest BCUT2D eigenvalue weighted by Crippen LogP contribution is 2.41. The van der Waals surface area contributed by atoms with Crippen molar-refractivity contribution in [3.63, 3.8) is 0 Å². The number of carboxylic acids is 1. The summed E-state index contributed by atoms with van der Waals surface area (Å²) >= 11 is 7.48. The van der Waals surface area contributed by atoms with Gasteiger partial charge in [-0.1, -0.05) is 31.5 Å². The Morgan fingerprint density at radius 3 is 2.84 bits per heavy atom. The van der Waals surface area contributed by atoms with Crippen molar-refractivity contribution in [2.45, 2.75) is 39.7 Å². The number of carbonyl (C=O) groups is 1. The smallest absolute Gasteiger partial charge is 0.337 e. The van der Waals surface area contributed by atoms with Gasteiger partial charge in [-0.15, -0.1) is 11.3 Å². The molecule has 0 amide bonds. The van der Waals surface area contributed by atoms with E-state index in [1.165, 1.54) is 17.4 Å². The zero-order chi connectivity index (χ0) is 23.0. The summed E-state index contributed by atoms with van der Waals surface area (Å²) in [7, 11) is 0. The van der Waals surface area contributed by atoms with Gasteiger partial charge in [0.15, 0.2) is 0 Å². The molecule has 0 unspecified atom stereocenters. The lowest BCUT2D eigenvalue weighted by Crippen LogP contribution is -2.43. The normalized spacial score (nSPS) is 16.8. The lowest BCUT2D eigenvalue weighted by Gasteiger charge is -2.35. The van der Waals surface area contributed by atoms with E-state index in [1.54, 1.807) is 12.1 Å². The summed E-state index contributed by atoms with van der Waals surface area (Å²) in [6, 6.07) is 8.58. The Bertz CT molecular complexity index is 1160. The summed E-state index contributed by atoms with van der Waals surface area (Å²) in [6.45, 7) is 8.26. The van der Waals surface area contributed by atoms with Crippen LogP contribution in [-0.4, -0.2) is 36.9 Å². The number of hydrogen-bond donors (Lipinski definition) is 1. The minimum absolute atomic E-state index is 0.0891. The van der Waals surface area contributed by atoms with Crippen LogP contribution in [0, 0.1) is 18.7 Å². The first-order chi connectivity index (χ1) is 15.2. The second kappa shape index (κ2) is 9.38. The molecule has 4 nitrogen and oxygen atoms in total. The predicted molar refractivity (Wildman–Crippen MR) is 130 cm³/mol. The lowest BCUT2D eigenvalue weighted by molar-refractivity contribution is 0.0318. The van der Waals surface area contributed by atoms with E-state index in [1.807, 2.05) is 19.1 Å².